The summed E-state index contributed by atoms with van der Waals surface area (Å²) in [7, 11) is 0. The highest BCUT2D eigenvalue weighted by molar-refractivity contribution is 5.96. The van der Waals surface area contributed by atoms with Crippen molar-refractivity contribution in [2.45, 2.75) is 26.8 Å². The van der Waals surface area contributed by atoms with Gasteiger partial charge in [-0.25, -0.2) is 0 Å². The standard InChI is InChI=1S/C23H24N2O5/c1-14-8-15(2)10-18(9-14)23(28)24-12-22(27)29-13-21(26)25-16(3)20-11-17-6-4-5-7-19(17)30-20/h4-11,16H,12-13H2,1-3H3,(H,24,28)(H,25,26). The van der Waals surface area contributed by atoms with E-state index in [-0.39, 0.29) is 18.5 Å². The van der Waals surface area contributed by atoms with Crippen LogP contribution in [0.25, 0.3) is 11.0 Å². The maximum atomic E-state index is 12.2. The van der Waals surface area contributed by atoms with E-state index in [4.69, 9.17) is 9.15 Å². The molecule has 0 aliphatic carbocycles. The molecule has 30 heavy (non-hydrogen) atoms. The van der Waals surface area contributed by atoms with E-state index in [1.165, 1.54) is 0 Å². The van der Waals surface area contributed by atoms with Gasteiger partial charge in [-0.15, -0.1) is 0 Å². The Kier molecular flexibility index (Phi) is 6.51. The number of aryl methyl sites for hydroxylation is 2. The molecule has 1 atom stereocenters. The molecule has 0 radical (unpaired) electrons. The number of rotatable bonds is 7. The van der Waals surface area contributed by atoms with E-state index in [2.05, 4.69) is 10.6 Å². The second-order valence-corrected chi connectivity index (χ2v) is 7.20. The molecule has 0 fully saturated rings. The molecule has 3 aromatic rings. The van der Waals surface area contributed by atoms with Crippen molar-refractivity contribution in [3.63, 3.8) is 0 Å². The molecule has 1 heterocycles. The predicted octanol–water partition coefficient (Wildman–Crippen LogP) is 3.20. The molecule has 3 rings (SSSR count). The molecule has 0 aliphatic rings. The van der Waals surface area contributed by atoms with Crippen molar-refractivity contribution >= 4 is 28.8 Å². The second kappa shape index (κ2) is 9.26. The molecule has 1 unspecified atom stereocenters. The van der Waals surface area contributed by atoms with Crippen molar-refractivity contribution in [3.05, 3.63) is 71.0 Å². The molecule has 156 valence electrons. The molecule has 2 N–H and O–H groups in total. The number of hydrogen-bond acceptors (Lipinski definition) is 5. The highest BCUT2D eigenvalue weighted by Crippen LogP contribution is 2.23. The lowest BCUT2D eigenvalue weighted by atomic mass is 10.1. The van der Waals surface area contributed by atoms with E-state index in [0.717, 1.165) is 22.1 Å². The lowest BCUT2D eigenvalue weighted by Gasteiger charge is -2.12. The number of ether oxygens (including phenoxy) is 1. The van der Waals surface area contributed by atoms with Gasteiger partial charge in [-0.1, -0.05) is 35.4 Å². The van der Waals surface area contributed by atoms with Crippen LogP contribution in [0.1, 0.15) is 40.2 Å². The van der Waals surface area contributed by atoms with Crippen LogP contribution in [-0.4, -0.2) is 30.9 Å². The number of benzene rings is 2. The Bertz CT molecular complexity index is 1030. The Labute approximate surface area is 174 Å². The molecule has 0 saturated heterocycles. The number of carbonyl (C=O) groups excluding carboxylic acids is 3. The molecule has 0 aliphatic heterocycles. The number of carbonyl (C=O) groups is 3. The third-order valence-corrected chi connectivity index (χ3v) is 4.49. The number of nitrogens with one attached hydrogen (secondary N) is 2. The van der Waals surface area contributed by atoms with Crippen molar-refractivity contribution in [1.29, 1.82) is 0 Å². The molecule has 0 spiro atoms. The Hall–Kier alpha value is -3.61. The quantitative estimate of drug-likeness (QED) is 0.585. The van der Waals surface area contributed by atoms with E-state index in [0.29, 0.717) is 11.3 Å². The van der Waals surface area contributed by atoms with Gasteiger partial charge < -0.3 is 19.8 Å². The second-order valence-electron chi connectivity index (χ2n) is 7.20. The number of hydrogen-bond donors (Lipinski definition) is 2. The van der Waals surface area contributed by atoms with Gasteiger partial charge in [0.25, 0.3) is 11.8 Å². The van der Waals surface area contributed by atoms with Crippen LogP contribution in [0.5, 0.6) is 0 Å². The zero-order valence-electron chi connectivity index (χ0n) is 17.2. The minimum absolute atomic E-state index is 0.321. The van der Waals surface area contributed by atoms with E-state index in [1.54, 1.807) is 19.1 Å². The fourth-order valence-corrected chi connectivity index (χ4v) is 3.13. The summed E-state index contributed by atoms with van der Waals surface area (Å²) in [5, 5.41) is 6.16. The summed E-state index contributed by atoms with van der Waals surface area (Å²) < 4.78 is 10.6. The van der Waals surface area contributed by atoms with Crippen molar-refractivity contribution in [2.75, 3.05) is 13.2 Å². The Morgan fingerprint density at radius 1 is 1.03 bits per heavy atom. The van der Waals surface area contributed by atoms with Gasteiger partial charge in [0.05, 0.1) is 6.04 Å². The first-order chi connectivity index (χ1) is 14.3. The zero-order valence-corrected chi connectivity index (χ0v) is 17.2. The average molecular weight is 408 g/mol. The van der Waals surface area contributed by atoms with Gasteiger partial charge in [0.1, 0.15) is 17.9 Å². The van der Waals surface area contributed by atoms with Crippen LogP contribution in [0.3, 0.4) is 0 Å². The van der Waals surface area contributed by atoms with Crippen molar-refractivity contribution in [1.82, 2.24) is 10.6 Å². The number of para-hydroxylation sites is 1. The lowest BCUT2D eigenvalue weighted by Crippen LogP contribution is -2.34. The number of amides is 2. The van der Waals surface area contributed by atoms with Crippen LogP contribution in [0.2, 0.25) is 0 Å². The van der Waals surface area contributed by atoms with E-state index >= 15 is 0 Å². The van der Waals surface area contributed by atoms with Crippen molar-refractivity contribution in [3.8, 4) is 0 Å². The summed E-state index contributed by atoms with van der Waals surface area (Å²) in [6.45, 7) is 4.80. The van der Waals surface area contributed by atoms with Crippen LogP contribution in [0, 0.1) is 13.8 Å². The summed E-state index contributed by atoms with van der Waals surface area (Å²) in [6, 6.07) is 14.5. The molecule has 7 nitrogen and oxygen atoms in total. The average Bonchev–Trinajstić information content (AvgIpc) is 3.14. The SMILES string of the molecule is Cc1cc(C)cc(C(=O)NCC(=O)OCC(=O)NC(C)c2cc3ccccc3o2)c1. The fraction of sp³-hybridized carbons (Fsp3) is 0.261. The smallest absolute Gasteiger partial charge is 0.325 e. The first-order valence-electron chi connectivity index (χ1n) is 9.62. The minimum Gasteiger partial charge on any atom is -0.459 e. The number of esters is 1. The molecule has 1 aromatic heterocycles. The molecule has 0 bridgehead atoms. The Morgan fingerprint density at radius 2 is 1.73 bits per heavy atom. The van der Waals surface area contributed by atoms with Crippen LogP contribution >= 0.6 is 0 Å². The molecule has 0 saturated carbocycles. The summed E-state index contributed by atoms with van der Waals surface area (Å²) in [5.74, 6) is -0.922. The first-order valence-corrected chi connectivity index (χ1v) is 9.62. The topological polar surface area (TPSA) is 97.6 Å². The monoisotopic (exact) mass is 408 g/mol. The fourth-order valence-electron chi connectivity index (χ4n) is 3.13. The molecule has 2 aromatic carbocycles. The number of fused-ring (bicyclic) bond motifs is 1. The lowest BCUT2D eigenvalue weighted by molar-refractivity contribution is -0.147. The zero-order chi connectivity index (χ0) is 21.7. The van der Waals surface area contributed by atoms with Gasteiger partial charge in [-0.05, 0) is 45.0 Å². The van der Waals surface area contributed by atoms with E-state index in [1.807, 2.05) is 50.2 Å². The van der Waals surface area contributed by atoms with E-state index < -0.39 is 18.5 Å². The summed E-state index contributed by atoms with van der Waals surface area (Å²) in [5.41, 5.74) is 3.12. The third kappa shape index (κ3) is 5.47. The largest absolute Gasteiger partial charge is 0.459 e. The van der Waals surface area contributed by atoms with Crippen molar-refractivity contribution in [2.24, 2.45) is 0 Å². The first kappa shape index (κ1) is 21.1. The van der Waals surface area contributed by atoms with Gasteiger partial charge in [0.15, 0.2) is 6.61 Å². The normalized spacial score (nSPS) is 11.7. The highest BCUT2D eigenvalue weighted by atomic mass is 16.5. The van der Waals surface area contributed by atoms with Crippen LogP contribution in [0.15, 0.2) is 52.9 Å². The van der Waals surface area contributed by atoms with Crippen LogP contribution < -0.4 is 10.6 Å². The number of furan rings is 1. The van der Waals surface area contributed by atoms with Crippen molar-refractivity contribution < 1.29 is 23.5 Å². The molecular formula is C23H24N2O5. The van der Waals surface area contributed by atoms with Crippen LogP contribution in [0.4, 0.5) is 0 Å². The van der Waals surface area contributed by atoms with Gasteiger partial charge in [-0.3, -0.25) is 14.4 Å². The minimum atomic E-state index is -0.695. The van der Waals surface area contributed by atoms with Gasteiger partial charge >= 0.3 is 5.97 Å². The van der Waals surface area contributed by atoms with Crippen LogP contribution in [-0.2, 0) is 14.3 Å². The Morgan fingerprint density at radius 3 is 2.43 bits per heavy atom. The van der Waals surface area contributed by atoms with E-state index in [9.17, 15) is 14.4 Å². The Balaban J connectivity index is 1.43. The molecule has 7 heteroatoms. The van der Waals surface area contributed by atoms with Gasteiger partial charge in [-0.2, -0.15) is 0 Å². The highest BCUT2D eigenvalue weighted by Gasteiger charge is 2.16. The maximum absolute atomic E-state index is 12.2. The third-order valence-electron chi connectivity index (χ3n) is 4.49. The summed E-state index contributed by atoms with van der Waals surface area (Å²) >= 11 is 0. The maximum Gasteiger partial charge on any atom is 0.325 e. The summed E-state index contributed by atoms with van der Waals surface area (Å²) in [4.78, 5) is 36.1. The molecule has 2 amide bonds. The summed E-state index contributed by atoms with van der Waals surface area (Å²) in [6.07, 6.45) is 0. The molecular weight excluding hydrogens is 384 g/mol. The predicted molar refractivity (Wildman–Crippen MR) is 112 cm³/mol. The van der Waals surface area contributed by atoms with Gasteiger partial charge in [0.2, 0.25) is 0 Å². The van der Waals surface area contributed by atoms with Gasteiger partial charge in [0, 0.05) is 10.9 Å².